The van der Waals surface area contributed by atoms with Crippen LogP contribution in [0.3, 0.4) is 0 Å². The summed E-state index contributed by atoms with van der Waals surface area (Å²) < 4.78 is 12.7. The predicted molar refractivity (Wildman–Crippen MR) is 64.0 cm³/mol. The molecule has 2 rings (SSSR count). The van der Waals surface area contributed by atoms with Gasteiger partial charge in [0.1, 0.15) is 11.9 Å². The fourth-order valence-electron chi connectivity index (χ4n) is 1.90. The average molecular weight is 251 g/mol. The summed E-state index contributed by atoms with van der Waals surface area (Å²) in [6.45, 7) is 0. The van der Waals surface area contributed by atoms with Gasteiger partial charge in [0.25, 0.3) is 5.91 Å². The summed E-state index contributed by atoms with van der Waals surface area (Å²) in [4.78, 5) is 23.6. The van der Waals surface area contributed by atoms with Gasteiger partial charge in [0.05, 0.1) is 6.42 Å². The first-order chi connectivity index (χ1) is 8.49. The maximum absolute atomic E-state index is 12.7. The number of hydrazine groups is 1. The summed E-state index contributed by atoms with van der Waals surface area (Å²) >= 11 is 0. The highest BCUT2D eigenvalue weighted by molar-refractivity contribution is 6.06. The van der Waals surface area contributed by atoms with Gasteiger partial charge in [-0.25, -0.2) is 14.4 Å². The Morgan fingerprint density at radius 2 is 1.89 bits per heavy atom. The number of amides is 2. The van der Waals surface area contributed by atoms with Gasteiger partial charge in [-0.3, -0.25) is 9.59 Å². The van der Waals surface area contributed by atoms with E-state index in [1.165, 1.54) is 29.3 Å². The smallest absolute Gasteiger partial charge is 0.266 e. The molecule has 0 saturated carbocycles. The Kier molecular flexibility index (Phi) is 3.29. The van der Waals surface area contributed by atoms with Gasteiger partial charge in [-0.15, -0.1) is 0 Å². The highest BCUT2D eigenvalue weighted by atomic mass is 19.1. The molecular weight excluding hydrogens is 237 g/mol. The van der Waals surface area contributed by atoms with Crippen LogP contribution in [-0.2, 0) is 9.59 Å². The van der Waals surface area contributed by atoms with Crippen LogP contribution in [0.5, 0.6) is 0 Å². The van der Waals surface area contributed by atoms with E-state index < -0.39 is 6.04 Å². The van der Waals surface area contributed by atoms with Gasteiger partial charge in [-0.1, -0.05) is 0 Å². The molecule has 0 radical (unpaired) electrons. The molecule has 1 aromatic carbocycles. The van der Waals surface area contributed by atoms with E-state index in [2.05, 4.69) is 5.32 Å². The van der Waals surface area contributed by atoms with Crippen molar-refractivity contribution in [2.45, 2.75) is 12.5 Å². The fourth-order valence-corrected chi connectivity index (χ4v) is 1.90. The molecule has 0 aromatic heterocycles. The Labute approximate surface area is 104 Å². The van der Waals surface area contributed by atoms with Crippen molar-refractivity contribution >= 4 is 17.5 Å². The third kappa shape index (κ3) is 2.33. The van der Waals surface area contributed by atoms with Crippen molar-refractivity contribution in [3.8, 4) is 0 Å². The number of halogens is 1. The lowest BCUT2D eigenvalue weighted by Gasteiger charge is -2.22. The second kappa shape index (κ2) is 4.73. The molecule has 1 saturated heterocycles. The molecule has 0 spiro atoms. The molecule has 0 unspecified atom stereocenters. The normalized spacial score (nSPS) is 19.8. The molecule has 6 heteroatoms. The average Bonchev–Trinajstić information content (AvgIpc) is 2.57. The lowest BCUT2D eigenvalue weighted by molar-refractivity contribution is -0.152. The molecule has 1 atom stereocenters. The number of rotatable bonds is 3. The van der Waals surface area contributed by atoms with Gasteiger partial charge >= 0.3 is 0 Å². The van der Waals surface area contributed by atoms with Gasteiger partial charge < -0.3 is 5.32 Å². The monoisotopic (exact) mass is 251 g/mol. The minimum absolute atomic E-state index is 0.106. The van der Waals surface area contributed by atoms with Gasteiger partial charge in [-0.05, 0) is 24.3 Å². The highest BCUT2D eigenvalue weighted by Gasteiger charge is 2.39. The molecule has 0 aliphatic carbocycles. The van der Waals surface area contributed by atoms with Crippen molar-refractivity contribution in [3.63, 3.8) is 0 Å². The summed E-state index contributed by atoms with van der Waals surface area (Å²) in [5.74, 6) is -0.886. The van der Waals surface area contributed by atoms with Gasteiger partial charge in [0.15, 0.2) is 0 Å². The van der Waals surface area contributed by atoms with E-state index in [0.717, 1.165) is 5.01 Å². The third-order valence-corrected chi connectivity index (χ3v) is 2.71. The number of imide groups is 1. The van der Waals surface area contributed by atoms with Crippen molar-refractivity contribution in [1.82, 2.24) is 10.0 Å². The van der Waals surface area contributed by atoms with Crippen molar-refractivity contribution in [2.24, 2.45) is 0 Å². The summed E-state index contributed by atoms with van der Waals surface area (Å²) in [5, 5.41) is 5.48. The summed E-state index contributed by atoms with van der Waals surface area (Å²) in [7, 11) is 3.27. The molecule has 96 valence electrons. The van der Waals surface area contributed by atoms with Crippen LogP contribution in [-0.4, -0.2) is 42.0 Å². The van der Waals surface area contributed by atoms with E-state index in [0.29, 0.717) is 5.69 Å². The zero-order valence-electron chi connectivity index (χ0n) is 10.2. The number of carbonyl (C=O) groups is 2. The number of nitrogens with zero attached hydrogens (tertiary/aromatic N) is 2. The van der Waals surface area contributed by atoms with E-state index >= 15 is 0 Å². The van der Waals surface area contributed by atoms with E-state index in [1.54, 1.807) is 14.1 Å². The van der Waals surface area contributed by atoms with E-state index in [9.17, 15) is 14.0 Å². The van der Waals surface area contributed by atoms with Crippen molar-refractivity contribution < 1.29 is 14.0 Å². The Morgan fingerprint density at radius 3 is 2.39 bits per heavy atom. The van der Waals surface area contributed by atoms with E-state index in [4.69, 9.17) is 0 Å². The number of carbonyl (C=O) groups excluding carboxylic acids is 2. The number of nitrogens with one attached hydrogen (secondary N) is 1. The van der Waals surface area contributed by atoms with Crippen LogP contribution in [0.2, 0.25) is 0 Å². The second-order valence-electron chi connectivity index (χ2n) is 4.30. The molecule has 1 aromatic rings. The second-order valence-corrected chi connectivity index (χ2v) is 4.30. The summed E-state index contributed by atoms with van der Waals surface area (Å²) in [5.41, 5.74) is 0.614. The van der Waals surface area contributed by atoms with Gasteiger partial charge in [0.2, 0.25) is 5.91 Å². The molecule has 1 aliphatic rings. The molecule has 1 N–H and O–H groups in total. The fraction of sp³-hybridized carbons (Fsp3) is 0.333. The molecule has 1 heterocycles. The number of hydrogen-bond donors (Lipinski definition) is 1. The summed E-state index contributed by atoms with van der Waals surface area (Å²) in [6, 6.07) is 5.07. The minimum atomic E-state index is -0.592. The first-order valence-electron chi connectivity index (χ1n) is 5.55. The first-order valence-corrected chi connectivity index (χ1v) is 5.55. The van der Waals surface area contributed by atoms with Gasteiger partial charge in [0, 0.05) is 19.8 Å². The maximum Gasteiger partial charge on any atom is 0.266 e. The molecule has 1 aliphatic heterocycles. The number of benzene rings is 1. The Morgan fingerprint density at radius 1 is 1.28 bits per heavy atom. The Balaban J connectivity index is 2.10. The van der Waals surface area contributed by atoms with Crippen molar-refractivity contribution in [3.05, 3.63) is 30.1 Å². The lowest BCUT2D eigenvalue weighted by atomic mass is 10.2. The maximum atomic E-state index is 12.7. The van der Waals surface area contributed by atoms with Crippen LogP contribution >= 0.6 is 0 Å². The highest BCUT2D eigenvalue weighted by Crippen LogP contribution is 2.19. The quantitative estimate of drug-likeness (QED) is 0.809. The molecule has 1 fully saturated rings. The van der Waals surface area contributed by atoms with Crippen LogP contribution in [0.1, 0.15) is 6.42 Å². The minimum Gasteiger partial charge on any atom is -0.373 e. The van der Waals surface area contributed by atoms with Crippen molar-refractivity contribution in [1.29, 1.82) is 0 Å². The first kappa shape index (κ1) is 12.5. The zero-order valence-corrected chi connectivity index (χ0v) is 10.2. The predicted octanol–water partition coefficient (Wildman–Crippen LogP) is 0.842. The Bertz CT molecular complexity index is 473. The van der Waals surface area contributed by atoms with Crippen LogP contribution in [0.15, 0.2) is 24.3 Å². The number of hydrogen-bond acceptors (Lipinski definition) is 4. The van der Waals surface area contributed by atoms with Crippen LogP contribution in [0, 0.1) is 5.82 Å². The van der Waals surface area contributed by atoms with E-state index in [1.807, 2.05) is 0 Å². The zero-order chi connectivity index (χ0) is 13.3. The Hall–Kier alpha value is -1.95. The van der Waals surface area contributed by atoms with Crippen LogP contribution in [0.4, 0.5) is 10.1 Å². The lowest BCUT2D eigenvalue weighted by Crippen LogP contribution is -2.43. The molecule has 5 nitrogen and oxygen atoms in total. The standard InChI is InChI=1S/C12H14FN3O2/c1-15(2)16-11(17)7-10(12(16)18)14-9-5-3-8(13)4-6-9/h3-6,10,14H,7H2,1-2H3/t10-/m0/s1. The van der Waals surface area contributed by atoms with Crippen LogP contribution in [0.25, 0.3) is 0 Å². The van der Waals surface area contributed by atoms with Gasteiger partial charge in [-0.2, -0.15) is 0 Å². The van der Waals surface area contributed by atoms with Crippen LogP contribution < -0.4 is 5.32 Å². The third-order valence-electron chi connectivity index (χ3n) is 2.71. The topological polar surface area (TPSA) is 52.6 Å². The molecule has 2 amide bonds. The van der Waals surface area contributed by atoms with Crippen molar-refractivity contribution in [2.75, 3.05) is 19.4 Å². The number of anilines is 1. The molecular formula is C12H14FN3O2. The summed E-state index contributed by atoms with van der Waals surface area (Å²) in [6.07, 6.45) is 0.106. The SMILES string of the molecule is CN(C)N1C(=O)C[C@H](Nc2ccc(F)cc2)C1=O. The largest absolute Gasteiger partial charge is 0.373 e. The molecule has 0 bridgehead atoms. The molecule has 18 heavy (non-hydrogen) atoms. The van der Waals surface area contributed by atoms with E-state index in [-0.39, 0.29) is 24.1 Å².